The van der Waals surface area contributed by atoms with E-state index in [0.29, 0.717) is 35.7 Å². The Morgan fingerprint density at radius 1 is 1.00 bits per heavy atom. The van der Waals surface area contributed by atoms with Gasteiger partial charge in [0, 0.05) is 36.6 Å². The van der Waals surface area contributed by atoms with Crippen LogP contribution in [-0.2, 0) is 10.5 Å². The molecule has 2 aromatic rings. The molecular formula is C20H23FN2O2S. The second-order valence-electron chi connectivity index (χ2n) is 5.81. The normalized spacial score (nSPS) is 10.4. The van der Waals surface area contributed by atoms with Crippen LogP contribution in [0.5, 0.6) is 0 Å². The van der Waals surface area contributed by atoms with Crippen molar-refractivity contribution >= 4 is 23.6 Å². The lowest BCUT2D eigenvalue weighted by atomic mass is 10.1. The molecule has 2 rings (SSSR count). The summed E-state index contributed by atoms with van der Waals surface area (Å²) in [6, 6.07) is 14.0. The molecule has 0 spiro atoms. The van der Waals surface area contributed by atoms with Crippen molar-refractivity contribution < 1.29 is 14.0 Å². The van der Waals surface area contributed by atoms with Crippen molar-refractivity contribution in [3.63, 3.8) is 0 Å². The number of nitrogens with one attached hydrogen (secondary N) is 2. The van der Waals surface area contributed by atoms with Gasteiger partial charge in [-0.05, 0) is 30.2 Å². The van der Waals surface area contributed by atoms with Crippen molar-refractivity contribution in [1.29, 1.82) is 0 Å². The van der Waals surface area contributed by atoms with Gasteiger partial charge >= 0.3 is 0 Å². The van der Waals surface area contributed by atoms with Gasteiger partial charge in [-0.15, -0.1) is 0 Å². The maximum atomic E-state index is 13.5. The first kappa shape index (κ1) is 20.0. The minimum Gasteiger partial charge on any atom is -0.355 e. The summed E-state index contributed by atoms with van der Waals surface area (Å²) in [6.07, 6.45) is 0.232. The van der Waals surface area contributed by atoms with Crippen molar-refractivity contribution in [3.05, 3.63) is 71.0 Å². The van der Waals surface area contributed by atoms with Crippen LogP contribution >= 0.6 is 11.8 Å². The Hall–Kier alpha value is -2.34. The zero-order valence-electron chi connectivity index (χ0n) is 14.8. The van der Waals surface area contributed by atoms with E-state index in [0.717, 1.165) is 5.56 Å². The molecule has 0 aromatic heterocycles. The summed E-state index contributed by atoms with van der Waals surface area (Å²) < 4.78 is 13.5. The number of benzene rings is 2. The van der Waals surface area contributed by atoms with Gasteiger partial charge in [-0.3, -0.25) is 9.59 Å². The Morgan fingerprint density at radius 3 is 2.50 bits per heavy atom. The standard InChI is InChI=1S/C20H23FN2O2S/c1-15-6-2-4-8-17(15)20(25)23-11-10-19(24)22-12-13-26-14-16-7-3-5-9-18(16)21/h2-9H,10-14H2,1H3,(H,22,24)(H,23,25). The molecule has 0 aliphatic heterocycles. The molecule has 6 heteroatoms. The zero-order valence-corrected chi connectivity index (χ0v) is 15.6. The van der Waals surface area contributed by atoms with Crippen molar-refractivity contribution in [1.82, 2.24) is 10.6 Å². The topological polar surface area (TPSA) is 58.2 Å². The summed E-state index contributed by atoms with van der Waals surface area (Å²) in [7, 11) is 0. The van der Waals surface area contributed by atoms with Crippen LogP contribution in [0.4, 0.5) is 4.39 Å². The van der Waals surface area contributed by atoms with Crippen LogP contribution in [0, 0.1) is 12.7 Å². The fourth-order valence-electron chi connectivity index (χ4n) is 2.36. The molecule has 138 valence electrons. The molecule has 0 aliphatic carbocycles. The van der Waals surface area contributed by atoms with Crippen LogP contribution < -0.4 is 10.6 Å². The number of carbonyl (C=O) groups is 2. The van der Waals surface area contributed by atoms with Crippen LogP contribution in [0.3, 0.4) is 0 Å². The van der Waals surface area contributed by atoms with Gasteiger partial charge in [0.2, 0.25) is 5.91 Å². The number of aryl methyl sites for hydroxylation is 1. The highest BCUT2D eigenvalue weighted by Gasteiger charge is 2.08. The third kappa shape index (κ3) is 6.52. The number of carbonyl (C=O) groups excluding carboxylic acids is 2. The van der Waals surface area contributed by atoms with Gasteiger partial charge in [0.1, 0.15) is 5.82 Å². The molecule has 0 saturated carbocycles. The lowest BCUT2D eigenvalue weighted by molar-refractivity contribution is -0.120. The van der Waals surface area contributed by atoms with E-state index in [1.54, 1.807) is 30.0 Å². The van der Waals surface area contributed by atoms with Crippen LogP contribution in [-0.4, -0.2) is 30.7 Å². The molecule has 4 nitrogen and oxygen atoms in total. The lowest BCUT2D eigenvalue weighted by Gasteiger charge is -2.08. The van der Waals surface area contributed by atoms with Crippen molar-refractivity contribution in [2.45, 2.75) is 19.1 Å². The van der Waals surface area contributed by atoms with Crippen LogP contribution in [0.15, 0.2) is 48.5 Å². The molecule has 0 heterocycles. The maximum Gasteiger partial charge on any atom is 0.251 e. The Balaban J connectivity index is 1.57. The first-order valence-corrected chi connectivity index (χ1v) is 9.65. The monoisotopic (exact) mass is 374 g/mol. The van der Waals surface area contributed by atoms with E-state index in [1.807, 2.05) is 31.2 Å². The van der Waals surface area contributed by atoms with Crippen molar-refractivity contribution in [3.8, 4) is 0 Å². The number of hydrogen-bond acceptors (Lipinski definition) is 3. The summed E-state index contributed by atoms with van der Waals surface area (Å²) >= 11 is 1.57. The molecule has 2 N–H and O–H groups in total. The zero-order chi connectivity index (χ0) is 18.8. The van der Waals surface area contributed by atoms with E-state index in [4.69, 9.17) is 0 Å². The maximum absolute atomic E-state index is 13.5. The van der Waals surface area contributed by atoms with Gasteiger partial charge in [0.05, 0.1) is 0 Å². The fraction of sp³-hybridized carbons (Fsp3) is 0.300. The second-order valence-corrected chi connectivity index (χ2v) is 6.92. The van der Waals surface area contributed by atoms with Crippen LogP contribution in [0.1, 0.15) is 27.9 Å². The Labute approximate surface area is 157 Å². The highest BCUT2D eigenvalue weighted by atomic mass is 32.2. The highest BCUT2D eigenvalue weighted by molar-refractivity contribution is 7.98. The number of thioether (sulfide) groups is 1. The molecule has 0 radical (unpaired) electrons. The van der Waals surface area contributed by atoms with Gasteiger partial charge in [-0.1, -0.05) is 36.4 Å². The predicted octanol–water partition coefficient (Wildman–Crippen LogP) is 3.30. The van der Waals surface area contributed by atoms with E-state index in [2.05, 4.69) is 10.6 Å². The molecule has 0 bridgehead atoms. The molecule has 0 unspecified atom stereocenters. The lowest BCUT2D eigenvalue weighted by Crippen LogP contribution is -2.32. The van der Waals surface area contributed by atoms with Crippen molar-refractivity contribution in [2.75, 3.05) is 18.8 Å². The summed E-state index contributed by atoms with van der Waals surface area (Å²) in [5, 5.41) is 5.56. The first-order valence-electron chi connectivity index (χ1n) is 8.49. The number of halogens is 1. The van der Waals surface area contributed by atoms with E-state index in [1.165, 1.54) is 6.07 Å². The third-order valence-corrected chi connectivity index (χ3v) is 4.82. The molecular weight excluding hydrogens is 351 g/mol. The van der Waals surface area contributed by atoms with E-state index in [-0.39, 0.29) is 24.1 Å². The summed E-state index contributed by atoms with van der Waals surface area (Å²) in [5.74, 6) is 0.802. The highest BCUT2D eigenvalue weighted by Crippen LogP contribution is 2.14. The Kier molecular flexibility index (Phi) is 8.15. The average molecular weight is 374 g/mol. The third-order valence-electron chi connectivity index (χ3n) is 3.81. The molecule has 2 aromatic carbocycles. The summed E-state index contributed by atoms with van der Waals surface area (Å²) in [5.41, 5.74) is 2.20. The SMILES string of the molecule is Cc1ccccc1C(=O)NCCC(=O)NCCSCc1ccccc1F. The quantitative estimate of drug-likeness (QED) is 0.662. The van der Waals surface area contributed by atoms with E-state index < -0.39 is 0 Å². The number of rotatable bonds is 9. The molecule has 26 heavy (non-hydrogen) atoms. The minimum absolute atomic E-state index is 0.110. The van der Waals surface area contributed by atoms with Gasteiger partial charge in [0.15, 0.2) is 0 Å². The first-order chi connectivity index (χ1) is 12.6. The van der Waals surface area contributed by atoms with E-state index in [9.17, 15) is 14.0 Å². The van der Waals surface area contributed by atoms with Gasteiger partial charge in [0.25, 0.3) is 5.91 Å². The van der Waals surface area contributed by atoms with Gasteiger partial charge in [-0.2, -0.15) is 11.8 Å². The summed E-state index contributed by atoms with van der Waals surface area (Å²) in [4.78, 5) is 23.8. The molecule has 0 aliphatic rings. The molecule has 0 saturated heterocycles. The molecule has 2 amide bonds. The Morgan fingerprint density at radius 2 is 1.73 bits per heavy atom. The van der Waals surface area contributed by atoms with Crippen LogP contribution in [0.25, 0.3) is 0 Å². The predicted molar refractivity (Wildman–Crippen MR) is 104 cm³/mol. The fourth-order valence-corrected chi connectivity index (χ4v) is 3.21. The number of hydrogen-bond donors (Lipinski definition) is 2. The second kappa shape index (κ2) is 10.6. The summed E-state index contributed by atoms with van der Waals surface area (Å²) in [6.45, 7) is 2.69. The molecule has 0 atom stereocenters. The molecule has 0 fully saturated rings. The van der Waals surface area contributed by atoms with Gasteiger partial charge < -0.3 is 10.6 Å². The number of amides is 2. The average Bonchev–Trinajstić information content (AvgIpc) is 2.63. The minimum atomic E-state index is -0.201. The largest absolute Gasteiger partial charge is 0.355 e. The van der Waals surface area contributed by atoms with E-state index >= 15 is 0 Å². The van der Waals surface area contributed by atoms with Gasteiger partial charge in [-0.25, -0.2) is 4.39 Å². The van der Waals surface area contributed by atoms with Crippen LogP contribution in [0.2, 0.25) is 0 Å². The van der Waals surface area contributed by atoms with Crippen molar-refractivity contribution in [2.24, 2.45) is 0 Å². The smallest absolute Gasteiger partial charge is 0.251 e. The Bertz CT molecular complexity index is 752.